The van der Waals surface area contributed by atoms with Crippen LogP contribution in [-0.4, -0.2) is 36.1 Å². The highest BCUT2D eigenvalue weighted by Gasteiger charge is 2.19. The van der Waals surface area contributed by atoms with E-state index in [2.05, 4.69) is 40.2 Å². The van der Waals surface area contributed by atoms with Gasteiger partial charge < -0.3 is 10.2 Å². The summed E-state index contributed by atoms with van der Waals surface area (Å²) in [7, 11) is 2.08. The molecule has 1 heterocycles. The number of nitrogens with zero attached hydrogens (tertiary/aromatic N) is 3. The van der Waals surface area contributed by atoms with Crippen molar-refractivity contribution in [1.29, 1.82) is 0 Å². The van der Waals surface area contributed by atoms with Crippen molar-refractivity contribution in [2.45, 2.75) is 32.2 Å². The van der Waals surface area contributed by atoms with E-state index in [4.69, 9.17) is 0 Å². The summed E-state index contributed by atoms with van der Waals surface area (Å²) in [5, 5.41) is 3.50. The number of rotatable bonds is 6. The third-order valence-corrected chi connectivity index (χ3v) is 2.92. The number of nitrogens with one attached hydrogen (secondary N) is 1. The molecule has 1 N–H and O–H groups in total. The van der Waals surface area contributed by atoms with Crippen LogP contribution in [0.2, 0.25) is 0 Å². The second-order valence-corrected chi connectivity index (χ2v) is 4.37. The van der Waals surface area contributed by atoms with Gasteiger partial charge >= 0.3 is 0 Å². The van der Waals surface area contributed by atoms with Gasteiger partial charge in [-0.3, -0.25) is 0 Å². The first-order valence-corrected chi connectivity index (χ1v) is 6.05. The summed E-state index contributed by atoms with van der Waals surface area (Å²) >= 11 is 0. The lowest BCUT2D eigenvalue weighted by molar-refractivity contribution is 0.672. The van der Waals surface area contributed by atoms with E-state index in [1.54, 1.807) is 6.33 Å². The van der Waals surface area contributed by atoms with Crippen LogP contribution in [0.25, 0.3) is 0 Å². The molecule has 2 rings (SSSR count). The van der Waals surface area contributed by atoms with Crippen LogP contribution in [-0.2, 0) is 6.42 Å². The molecule has 1 fully saturated rings. The van der Waals surface area contributed by atoms with Gasteiger partial charge in [0.1, 0.15) is 12.1 Å². The molecule has 4 nitrogen and oxygen atoms in total. The molecule has 1 aromatic rings. The summed E-state index contributed by atoms with van der Waals surface area (Å²) in [6.07, 6.45) is 5.30. The first-order valence-electron chi connectivity index (χ1n) is 6.05. The van der Waals surface area contributed by atoms with Crippen molar-refractivity contribution in [2.24, 2.45) is 0 Å². The van der Waals surface area contributed by atoms with Crippen LogP contribution in [0.4, 0.5) is 5.82 Å². The topological polar surface area (TPSA) is 41.0 Å². The molecule has 88 valence electrons. The lowest BCUT2D eigenvalue weighted by atomic mass is 10.3. The summed E-state index contributed by atoms with van der Waals surface area (Å²) in [5.41, 5.74) is 1.10. The van der Waals surface area contributed by atoms with E-state index in [1.165, 1.54) is 12.8 Å². The Kier molecular flexibility index (Phi) is 3.72. The molecule has 4 heteroatoms. The van der Waals surface area contributed by atoms with Gasteiger partial charge in [-0.2, -0.15) is 0 Å². The molecule has 0 spiro atoms. The van der Waals surface area contributed by atoms with Crippen molar-refractivity contribution in [1.82, 2.24) is 15.3 Å². The van der Waals surface area contributed by atoms with Gasteiger partial charge in [-0.25, -0.2) is 9.97 Å². The number of hydrogen-bond donors (Lipinski definition) is 1. The van der Waals surface area contributed by atoms with Crippen LogP contribution in [0.3, 0.4) is 0 Å². The van der Waals surface area contributed by atoms with Gasteiger partial charge in [0, 0.05) is 37.9 Å². The van der Waals surface area contributed by atoms with Crippen molar-refractivity contribution in [3.63, 3.8) is 0 Å². The maximum atomic E-state index is 4.29. The summed E-state index contributed by atoms with van der Waals surface area (Å²) < 4.78 is 0. The van der Waals surface area contributed by atoms with Gasteiger partial charge in [-0.15, -0.1) is 0 Å². The molecule has 0 atom stereocenters. The zero-order chi connectivity index (χ0) is 11.4. The fourth-order valence-corrected chi connectivity index (χ4v) is 1.63. The molecule has 0 amide bonds. The monoisotopic (exact) mass is 220 g/mol. The van der Waals surface area contributed by atoms with E-state index in [0.717, 1.165) is 37.1 Å². The predicted molar refractivity (Wildman–Crippen MR) is 65.7 cm³/mol. The highest BCUT2D eigenvalue weighted by molar-refractivity contribution is 5.37. The Bertz CT molecular complexity index is 336. The Labute approximate surface area is 97.1 Å². The maximum Gasteiger partial charge on any atom is 0.131 e. The van der Waals surface area contributed by atoms with Crippen LogP contribution in [0.5, 0.6) is 0 Å². The number of likely N-dealkylation sites (N-methyl/N-ethyl adjacent to an activating group) is 1. The maximum absolute atomic E-state index is 4.29. The van der Waals surface area contributed by atoms with Crippen LogP contribution >= 0.6 is 0 Å². The summed E-state index contributed by atoms with van der Waals surface area (Å²) in [6, 6.07) is 2.85. The van der Waals surface area contributed by atoms with Crippen LogP contribution in [0, 0.1) is 0 Å². The molecule has 0 bridgehead atoms. The Hall–Kier alpha value is -1.16. The summed E-state index contributed by atoms with van der Waals surface area (Å²) in [6.45, 7) is 4.14. The Balaban J connectivity index is 1.83. The average molecular weight is 220 g/mol. The van der Waals surface area contributed by atoms with Gasteiger partial charge in [0.2, 0.25) is 0 Å². The first kappa shape index (κ1) is 11.3. The van der Waals surface area contributed by atoms with Gasteiger partial charge in [-0.1, -0.05) is 6.92 Å². The van der Waals surface area contributed by atoms with Crippen LogP contribution in [0.15, 0.2) is 12.4 Å². The van der Waals surface area contributed by atoms with E-state index < -0.39 is 0 Å². The lowest BCUT2D eigenvalue weighted by Crippen LogP contribution is -2.30. The quantitative estimate of drug-likeness (QED) is 0.783. The second-order valence-electron chi connectivity index (χ2n) is 4.37. The van der Waals surface area contributed by atoms with E-state index in [1.807, 2.05) is 0 Å². The molecule has 0 unspecified atom stereocenters. The van der Waals surface area contributed by atoms with Gasteiger partial charge in [0.15, 0.2) is 0 Å². The predicted octanol–water partition coefficient (Wildman–Crippen LogP) is 1.23. The minimum absolute atomic E-state index is 0.782. The Morgan fingerprint density at radius 2 is 2.25 bits per heavy atom. The summed E-state index contributed by atoms with van der Waals surface area (Å²) in [5.74, 6) is 1.02. The fourth-order valence-electron chi connectivity index (χ4n) is 1.63. The smallest absolute Gasteiger partial charge is 0.131 e. The molecule has 0 aliphatic heterocycles. The third-order valence-electron chi connectivity index (χ3n) is 2.92. The van der Waals surface area contributed by atoms with Crippen molar-refractivity contribution in [3.05, 3.63) is 18.1 Å². The minimum atomic E-state index is 0.782. The minimum Gasteiger partial charge on any atom is -0.358 e. The molecule has 1 aliphatic rings. The number of hydrogen-bond acceptors (Lipinski definition) is 4. The zero-order valence-corrected chi connectivity index (χ0v) is 10.1. The van der Waals surface area contributed by atoms with Gasteiger partial charge in [0.25, 0.3) is 0 Å². The average Bonchev–Trinajstić information content (AvgIpc) is 3.13. The van der Waals surface area contributed by atoms with Crippen molar-refractivity contribution >= 4 is 5.82 Å². The van der Waals surface area contributed by atoms with Crippen LogP contribution in [0.1, 0.15) is 25.5 Å². The molecule has 1 aromatic heterocycles. The molecule has 16 heavy (non-hydrogen) atoms. The van der Waals surface area contributed by atoms with Crippen molar-refractivity contribution < 1.29 is 0 Å². The number of anilines is 1. The summed E-state index contributed by atoms with van der Waals surface area (Å²) in [4.78, 5) is 10.7. The third kappa shape index (κ3) is 3.17. The van der Waals surface area contributed by atoms with Crippen molar-refractivity contribution in [2.75, 3.05) is 25.0 Å². The fraction of sp³-hybridized carbons (Fsp3) is 0.667. The molecule has 0 aromatic carbocycles. The lowest BCUT2D eigenvalue weighted by Gasteiger charge is -2.18. The van der Waals surface area contributed by atoms with E-state index in [9.17, 15) is 0 Å². The molecular weight excluding hydrogens is 200 g/mol. The number of aromatic nitrogens is 2. The largest absolute Gasteiger partial charge is 0.358 e. The normalized spacial score (nSPS) is 15.1. The number of aryl methyl sites for hydroxylation is 1. The Morgan fingerprint density at radius 3 is 2.94 bits per heavy atom. The standard InChI is InChI=1S/C12H20N4/c1-3-10-8-12(15-9-14-10)16(2)7-6-13-11-4-5-11/h8-9,11,13H,3-7H2,1-2H3. The van der Waals surface area contributed by atoms with E-state index in [-0.39, 0.29) is 0 Å². The highest BCUT2D eigenvalue weighted by atomic mass is 15.2. The van der Waals surface area contributed by atoms with E-state index in [0.29, 0.717) is 0 Å². The molecular formula is C12H20N4. The van der Waals surface area contributed by atoms with Crippen molar-refractivity contribution in [3.8, 4) is 0 Å². The molecule has 1 aliphatic carbocycles. The van der Waals surface area contributed by atoms with Crippen LogP contribution < -0.4 is 10.2 Å². The highest BCUT2D eigenvalue weighted by Crippen LogP contribution is 2.18. The van der Waals surface area contributed by atoms with E-state index >= 15 is 0 Å². The van der Waals surface area contributed by atoms with Gasteiger partial charge in [0.05, 0.1) is 0 Å². The first-order chi connectivity index (χ1) is 7.79. The molecule has 0 radical (unpaired) electrons. The molecule has 0 saturated heterocycles. The zero-order valence-electron chi connectivity index (χ0n) is 10.1. The molecule has 1 saturated carbocycles. The Morgan fingerprint density at radius 1 is 1.44 bits per heavy atom. The van der Waals surface area contributed by atoms with Gasteiger partial charge in [-0.05, 0) is 19.3 Å². The second kappa shape index (κ2) is 5.25. The SMILES string of the molecule is CCc1cc(N(C)CCNC2CC2)ncn1.